The molecule has 0 radical (unpaired) electrons. The van der Waals surface area contributed by atoms with E-state index < -0.39 is 0 Å². The van der Waals surface area contributed by atoms with Gasteiger partial charge in [0.15, 0.2) is 11.8 Å². The SMILES string of the molecule is Clc1ccc2c(c1)[C@H]([NH+]1CCOCC1)/C(=C\COc1ccc3ccccc3c1Br)O2. The van der Waals surface area contributed by atoms with E-state index in [0.717, 1.165) is 64.0 Å². The zero-order valence-corrected chi connectivity index (χ0v) is 18.7. The van der Waals surface area contributed by atoms with Crippen molar-refractivity contribution in [1.82, 2.24) is 0 Å². The number of ether oxygens (including phenoxy) is 3. The minimum atomic E-state index is 0.117. The van der Waals surface area contributed by atoms with E-state index in [0.29, 0.717) is 6.61 Å². The van der Waals surface area contributed by atoms with Gasteiger partial charge in [0.25, 0.3) is 0 Å². The van der Waals surface area contributed by atoms with Crippen molar-refractivity contribution in [2.75, 3.05) is 32.9 Å². The largest absolute Gasteiger partial charge is 0.488 e. The molecule has 0 aromatic heterocycles. The molecule has 4 nitrogen and oxygen atoms in total. The van der Waals surface area contributed by atoms with E-state index in [1.165, 1.54) is 10.3 Å². The summed E-state index contributed by atoms with van der Waals surface area (Å²) in [5.41, 5.74) is 1.14. The Hall–Kier alpha value is -2.05. The van der Waals surface area contributed by atoms with Crippen LogP contribution in [-0.4, -0.2) is 32.9 Å². The number of hydrogen-bond donors (Lipinski definition) is 1. The topological polar surface area (TPSA) is 32.1 Å². The van der Waals surface area contributed by atoms with Crippen LogP contribution in [0.3, 0.4) is 0 Å². The fraction of sp³-hybridized carbons (Fsp3) is 0.250. The van der Waals surface area contributed by atoms with Gasteiger partial charge in [0.1, 0.15) is 31.2 Å². The highest BCUT2D eigenvalue weighted by Gasteiger charge is 2.38. The van der Waals surface area contributed by atoms with Crippen LogP contribution in [0.2, 0.25) is 5.02 Å². The van der Waals surface area contributed by atoms with E-state index in [4.69, 9.17) is 25.8 Å². The molecule has 0 unspecified atom stereocenters. The lowest BCUT2D eigenvalue weighted by Gasteiger charge is -2.29. The van der Waals surface area contributed by atoms with Crippen LogP contribution in [-0.2, 0) is 4.74 Å². The van der Waals surface area contributed by atoms with Crippen molar-refractivity contribution in [1.29, 1.82) is 0 Å². The zero-order chi connectivity index (χ0) is 20.5. The van der Waals surface area contributed by atoms with Gasteiger partial charge in [0.2, 0.25) is 0 Å². The Morgan fingerprint density at radius 2 is 1.93 bits per heavy atom. The second kappa shape index (κ2) is 8.60. The summed E-state index contributed by atoms with van der Waals surface area (Å²) < 4.78 is 18.8. The van der Waals surface area contributed by atoms with Gasteiger partial charge < -0.3 is 19.1 Å². The molecular formula is C24H22BrClNO3+. The van der Waals surface area contributed by atoms with Gasteiger partial charge in [-0.2, -0.15) is 0 Å². The zero-order valence-electron chi connectivity index (χ0n) is 16.4. The van der Waals surface area contributed by atoms with E-state index in [9.17, 15) is 0 Å². The normalized spacial score (nSPS) is 20.3. The maximum atomic E-state index is 6.29. The molecule has 3 aromatic carbocycles. The standard InChI is InChI=1S/C24H21BrClNO3/c25-23-18-4-2-1-3-16(18)5-7-21(23)29-12-9-22-24(27-10-13-28-14-11-27)19-15-17(26)6-8-20(19)30-22/h1-9,15,24H,10-14H2/p+1/b22-9+/t24-/m0/s1. The van der Waals surface area contributed by atoms with Crippen LogP contribution in [0.15, 0.2) is 70.9 Å². The predicted octanol–water partition coefficient (Wildman–Crippen LogP) is 4.57. The van der Waals surface area contributed by atoms with Crippen molar-refractivity contribution in [2.24, 2.45) is 0 Å². The molecule has 0 aliphatic carbocycles. The highest BCUT2D eigenvalue weighted by atomic mass is 79.9. The summed E-state index contributed by atoms with van der Waals surface area (Å²) in [7, 11) is 0. The summed E-state index contributed by atoms with van der Waals surface area (Å²) in [6, 6.07) is 18.3. The minimum Gasteiger partial charge on any atom is -0.488 e. The molecule has 0 saturated carbocycles. The molecule has 2 aliphatic heterocycles. The fourth-order valence-electron chi connectivity index (χ4n) is 4.22. The molecule has 2 aliphatic rings. The highest BCUT2D eigenvalue weighted by Crippen LogP contribution is 2.39. The molecule has 1 saturated heterocycles. The van der Waals surface area contributed by atoms with E-state index in [2.05, 4.69) is 34.1 Å². The average molecular weight is 488 g/mol. The van der Waals surface area contributed by atoms with Crippen LogP contribution in [0, 0.1) is 0 Å². The van der Waals surface area contributed by atoms with Crippen LogP contribution < -0.4 is 14.4 Å². The van der Waals surface area contributed by atoms with Gasteiger partial charge in [-0.3, -0.25) is 0 Å². The van der Waals surface area contributed by atoms with E-state index in [1.807, 2.05) is 42.5 Å². The molecule has 5 rings (SSSR count). The third-order valence-corrected chi connectivity index (χ3v) is 6.74. The molecule has 2 heterocycles. The Labute approximate surface area is 189 Å². The summed E-state index contributed by atoms with van der Waals surface area (Å²) in [6.45, 7) is 3.82. The smallest absolute Gasteiger partial charge is 0.175 e. The van der Waals surface area contributed by atoms with Crippen LogP contribution >= 0.6 is 27.5 Å². The third kappa shape index (κ3) is 3.83. The Balaban J connectivity index is 1.39. The van der Waals surface area contributed by atoms with Gasteiger partial charge in [-0.05, 0) is 57.0 Å². The molecule has 1 fully saturated rings. The first-order valence-electron chi connectivity index (χ1n) is 10.1. The monoisotopic (exact) mass is 486 g/mol. The number of morpholine rings is 1. The first kappa shape index (κ1) is 19.9. The molecule has 154 valence electrons. The van der Waals surface area contributed by atoms with Gasteiger partial charge in [-0.25, -0.2) is 0 Å². The van der Waals surface area contributed by atoms with Gasteiger partial charge in [-0.1, -0.05) is 41.9 Å². The molecule has 3 aromatic rings. The number of quaternary nitrogens is 1. The first-order valence-corrected chi connectivity index (χ1v) is 11.3. The summed E-state index contributed by atoms with van der Waals surface area (Å²) in [5, 5.41) is 3.04. The van der Waals surface area contributed by atoms with Gasteiger partial charge in [-0.15, -0.1) is 0 Å². The number of hydrogen-bond acceptors (Lipinski definition) is 3. The fourth-order valence-corrected chi connectivity index (χ4v) is 5.01. The van der Waals surface area contributed by atoms with Crippen molar-refractivity contribution < 1.29 is 19.1 Å². The van der Waals surface area contributed by atoms with E-state index in [1.54, 1.807) is 0 Å². The second-order valence-corrected chi connectivity index (χ2v) is 8.73. The number of halogens is 2. The van der Waals surface area contributed by atoms with Crippen LogP contribution in [0.25, 0.3) is 10.8 Å². The molecule has 6 heteroatoms. The van der Waals surface area contributed by atoms with Crippen molar-refractivity contribution in [3.05, 3.63) is 81.5 Å². The van der Waals surface area contributed by atoms with Crippen LogP contribution in [0.4, 0.5) is 0 Å². The lowest BCUT2D eigenvalue weighted by atomic mass is 10.0. The molecule has 1 atom stereocenters. The minimum absolute atomic E-state index is 0.117. The molecule has 0 spiro atoms. The van der Waals surface area contributed by atoms with E-state index >= 15 is 0 Å². The molecular weight excluding hydrogens is 466 g/mol. The van der Waals surface area contributed by atoms with E-state index in [-0.39, 0.29) is 6.04 Å². The Morgan fingerprint density at radius 3 is 2.80 bits per heavy atom. The lowest BCUT2D eigenvalue weighted by molar-refractivity contribution is -0.933. The Bertz CT molecular complexity index is 1110. The van der Waals surface area contributed by atoms with Gasteiger partial charge in [0, 0.05) is 5.02 Å². The quantitative estimate of drug-likeness (QED) is 0.585. The maximum Gasteiger partial charge on any atom is 0.175 e. The molecule has 0 amide bonds. The van der Waals surface area contributed by atoms with Gasteiger partial charge in [0.05, 0.1) is 23.2 Å². The molecule has 1 N–H and O–H groups in total. The molecule has 0 bridgehead atoms. The number of benzene rings is 3. The van der Waals surface area contributed by atoms with Crippen molar-refractivity contribution in [2.45, 2.75) is 6.04 Å². The first-order chi connectivity index (χ1) is 14.7. The summed E-state index contributed by atoms with van der Waals surface area (Å²) >= 11 is 9.98. The van der Waals surface area contributed by atoms with Crippen molar-refractivity contribution in [3.63, 3.8) is 0 Å². The Kier molecular flexibility index (Phi) is 5.70. The number of nitrogens with one attached hydrogen (secondary N) is 1. The number of rotatable bonds is 4. The highest BCUT2D eigenvalue weighted by molar-refractivity contribution is 9.10. The van der Waals surface area contributed by atoms with Crippen molar-refractivity contribution >= 4 is 38.3 Å². The molecule has 30 heavy (non-hydrogen) atoms. The lowest BCUT2D eigenvalue weighted by Crippen LogP contribution is -3.14. The Morgan fingerprint density at radius 1 is 1.10 bits per heavy atom. The summed E-state index contributed by atoms with van der Waals surface area (Å²) in [6.07, 6.45) is 2.04. The number of fused-ring (bicyclic) bond motifs is 2. The average Bonchev–Trinajstić information content (AvgIpc) is 3.13. The summed E-state index contributed by atoms with van der Waals surface area (Å²) in [4.78, 5) is 1.43. The predicted molar refractivity (Wildman–Crippen MR) is 122 cm³/mol. The second-order valence-electron chi connectivity index (χ2n) is 7.50. The van der Waals surface area contributed by atoms with Gasteiger partial charge >= 0.3 is 0 Å². The van der Waals surface area contributed by atoms with Crippen LogP contribution in [0.1, 0.15) is 11.6 Å². The third-order valence-electron chi connectivity index (χ3n) is 5.69. The van der Waals surface area contributed by atoms with Crippen LogP contribution in [0.5, 0.6) is 11.5 Å². The maximum absolute atomic E-state index is 6.29. The summed E-state index contributed by atoms with van der Waals surface area (Å²) in [5.74, 6) is 2.61. The van der Waals surface area contributed by atoms with Crippen molar-refractivity contribution in [3.8, 4) is 11.5 Å².